The number of thiophene rings is 1. The second-order valence-electron chi connectivity index (χ2n) is 8.84. The number of allylic oxidation sites excluding steroid dienone is 1. The van der Waals surface area contributed by atoms with Gasteiger partial charge in [-0.05, 0) is 59.3 Å². The molecule has 0 amide bonds. The zero-order valence-electron chi connectivity index (χ0n) is 18.9. The molecule has 4 aromatic carbocycles. The van der Waals surface area contributed by atoms with Crippen molar-refractivity contribution in [3.05, 3.63) is 129 Å². The van der Waals surface area contributed by atoms with E-state index < -0.39 is 0 Å². The summed E-state index contributed by atoms with van der Waals surface area (Å²) in [5, 5.41) is 2.47. The lowest BCUT2D eigenvalue weighted by atomic mass is 10.0. The van der Waals surface area contributed by atoms with Crippen LogP contribution in [0.25, 0.3) is 43.7 Å². The van der Waals surface area contributed by atoms with Crippen molar-refractivity contribution in [1.82, 2.24) is 4.57 Å². The van der Waals surface area contributed by atoms with Crippen molar-refractivity contribution in [2.45, 2.75) is 0 Å². The lowest BCUT2D eigenvalue weighted by Gasteiger charge is -2.12. The number of nitrogens with zero attached hydrogens (tertiary/aromatic N) is 1. The van der Waals surface area contributed by atoms with Crippen LogP contribution in [-0.2, 0) is 0 Å². The maximum atomic E-state index is 13.4. The highest BCUT2D eigenvalue weighted by molar-refractivity contribution is 7.19. The summed E-state index contributed by atoms with van der Waals surface area (Å²) in [6.45, 7) is 0. The molecule has 1 aliphatic rings. The van der Waals surface area contributed by atoms with E-state index in [2.05, 4.69) is 4.57 Å². The third-order valence-electron chi connectivity index (χ3n) is 6.73. The van der Waals surface area contributed by atoms with E-state index in [9.17, 15) is 14.4 Å². The Labute approximate surface area is 209 Å². The van der Waals surface area contributed by atoms with E-state index in [0.29, 0.717) is 26.1 Å². The molecule has 2 aromatic heterocycles. The summed E-state index contributed by atoms with van der Waals surface area (Å²) in [5.41, 5.74) is 3.44. The van der Waals surface area contributed by atoms with Gasteiger partial charge in [0.05, 0.1) is 21.3 Å². The minimum Gasteiger partial charge on any atom is -0.308 e. The zero-order valence-corrected chi connectivity index (χ0v) is 19.7. The van der Waals surface area contributed by atoms with Crippen LogP contribution in [-0.4, -0.2) is 16.1 Å². The van der Waals surface area contributed by atoms with E-state index in [0.717, 1.165) is 27.5 Å². The number of rotatable bonds is 2. The molecule has 5 heteroatoms. The molecule has 1 aliphatic carbocycles. The van der Waals surface area contributed by atoms with Crippen LogP contribution in [0.5, 0.6) is 0 Å². The fourth-order valence-corrected chi connectivity index (χ4v) is 6.09. The van der Waals surface area contributed by atoms with Gasteiger partial charge < -0.3 is 4.57 Å². The summed E-state index contributed by atoms with van der Waals surface area (Å²) in [5.74, 6) is -0.552. The molecule has 0 radical (unpaired) electrons. The fraction of sp³-hybridized carbons (Fsp3) is 0. The Morgan fingerprint density at radius 1 is 0.639 bits per heavy atom. The lowest BCUT2D eigenvalue weighted by molar-refractivity contribution is 0.0990. The first-order valence-electron chi connectivity index (χ1n) is 11.6. The van der Waals surface area contributed by atoms with Crippen molar-refractivity contribution < 1.29 is 9.59 Å². The summed E-state index contributed by atoms with van der Waals surface area (Å²) in [6, 6.07) is 30.6. The molecule has 0 aliphatic heterocycles. The zero-order chi connectivity index (χ0) is 24.4. The molecule has 2 heterocycles. The summed E-state index contributed by atoms with van der Waals surface area (Å²) in [4.78, 5) is 40.6. The SMILES string of the molecule is O=C1C(=Cc2cc3c(s2)c(=O)c2ccccc2n3-c2ccccc2)C(=O)c2cc3ccccc3cc21. The standard InChI is InChI=1S/C31H17NO3S/c33-28-23-14-18-8-4-5-9-19(18)15-24(23)29(34)25(28)16-21-17-27-31(36-21)30(35)22-12-6-7-13-26(22)32(27)20-10-2-1-3-11-20/h1-17H. The molecule has 0 saturated carbocycles. The van der Waals surface area contributed by atoms with Gasteiger partial charge in [-0.1, -0.05) is 54.6 Å². The summed E-state index contributed by atoms with van der Waals surface area (Å²) in [6.07, 6.45) is 1.64. The highest BCUT2D eigenvalue weighted by Gasteiger charge is 2.33. The largest absolute Gasteiger partial charge is 0.308 e. The van der Waals surface area contributed by atoms with Crippen molar-refractivity contribution in [1.29, 1.82) is 0 Å². The monoisotopic (exact) mass is 483 g/mol. The first-order valence-corrected chi connectivity index (χ1v) is 12.4. The van der Waals surface area contributed by atoms with Crippen LogP contribution in [0.15, 0.2) is 107 Å². The van der Waals surface area contributed by atoms with E-state index >= 15 is 0 Å². The molecular weight excluding hydrogens is 466 g/mol. The molecule has 0 saturated heterocycles. The van der Waals surface area contributed by atoms with Gasteiger partial charge in [0.1, 0.15) is 0 Å². The van der Waals surface area contributed by atoms with Crippen molar-refractivity contribution in [2.75, 3.05) is 0 Å². The molecule has 0 fully saturated rings. The molecule has 170 valence electrons. The Bertz CT molecular complexity index is 1940. The Morgan fingerprint density at radius 3 is 1.94 bits per heavy atom. The minimum atomic E-state index is -0.276. The topological polar surface area (TPSA) is 56.1 Å². The molecule has 6 aromatic rings. The molecule has 0 spiro atoms. The van der Waals surface area contributed by atoms with Crippen molar-refractivity contribution in [2.24, 2.45) is 0 Å². The first-order chi connectivity index (χ1) is 17.6. The number of aromatic nitrogens is 1. The average Bonchev–Trinajstić information content (AvgIpc) is 3.43. The number of ketones is 2. The smallest absolute Gasteiger partial charge is 0.207 e. The predicted octanol–water partition coefficient (Wildman–Crippen LogP) is 6.82. The Morgan fingerprint density at radius 2 is 1.25 bits per heavy atom. The van der Waals surface area contributed by atoms with Crippen LogP contribution in [0.4, 0.5) is 0 Å². The lowest BCUT2D eigenvalue weighted by Crippen LogP contribution is -2.08. The maximum absolute atomic E-state index is 13.4. The van der Waals surface area contributed by atoms with E-state index in [1.165, 1.54) is 11.3 Å². The van der Waals surface area contributed by atoms with E-state index in [4.69, 9.17) is 0 Å². The fourth-order valence-electron chi connectivity index (χ4n) is 5.05. The molecule has 36 heavy (non-hydrogen) atoms. The number of pyridine rings is 1. The second-order valence-corrected chi connectivity index (χ2v) is 9.93. The van der Waals surface area contributed by atoms with Gasteiger partial charge in [0.2, 0.25) is 5.43 Å². The molecular formula is C31H17NO3S. The summed E-state index contributed by atoms with van der Waals surface area (Å²) < 4.78 is 2.65. The van der Waals surface area contributed by atoms with Crippen LogP contribution in [0.3, 0.4) is 0 Å². The van der Waals surface area contributed by atoms with Crippen LogP contribution in [0, 0.1) is 0 Å². The number of Topliss-reactive ketones (excluding diaryl/α,β-unsaturated/α-hetero) is 2. The van der Waals surface area contributed by atoms with E-state index in [1.807, 2.05) is 84.9 Å². The number of hydrogen-bond acceptors (Lipinski definition) is 4. The van der Waals surface area contributed by atoms with Gasteiger partial charge in [-0.15, -0.1) is 11.3 Å². The first kappa shape index (κ1) is 20.7. The van der Waals surface area contributed by atoms with Gasteiger partial charge >= 0.3 is 0 Å². The van der Waals surface area contributed by atoms with Gasteiger partial charge in [-0.3, -0.25) is 14.4 Å². The number of hydrogen-bond donors (Lipinski definition) is 0. The number of fused-ring (bicyclic) bond motifs is 4. The second kappa shape index (κ2) is 7.70. The van der Waals surface area contributed by atoms with Gasteiger partial charge in [0.25, 0.3) is 0 Å². The molecule has 7 rings (SSSR count). The third kappa shape index (κ3) is 2.96. The predicted molar refractivity (Wildman–Crippen MR) is 146 cm³/mol. The minimum absolute atomic E-state index is 0.0546. The van der Waals surface area contributed by atoms with Gasteiger partial charge in [0.15, 0.2) is 11.6 Å². The average molecular weight is 484 g/mol. The highest BCUT2D eigenvalue weighted by Crippen LogP contribution is 2.35. The van der Waals surface area contributed by atoms with E-state index in [1.54, 1.807) is 18.2 Å². The van der Waals surface area contributed by atoms with Gasteiger partial charge in [-0.2, -0.15) is 0 Å². The highest BCUT2D eigenvalue weighted by atomic mass is 32.1. The molecule has 0 bridgehead atoms. The van der Waals surface area contributed by atoms with Crippen LogP contribution >= 0.6 is 11.3 Å². The Kier molecular flexibility index (Phi) is 4.43. The third-order valence-corrected chi connectivity index (χ3v) is 7.80. The molecule has 0 N–H and O–H groups in total. The van der Waals surface area contributed by atoms with Crippen molar-refractivity contribution in [3.63, 3.8) is 0 Å². The van der Waals surface area contributed by atoms with Crippen molar-refractivity contribution in [3.8, 4) is 5.69 Å². The number of carbonyl (C=O) groups is 2. The quantitative estimate of drug-likeness (QED) is 0.201. The Balaban J connectivity index is 1.45. The van der Waals surface area contributed by atoms with Gasteiger partial charge in [-0.25, -0.2) is 0 Å². The van der Waals surface area contributed by atoms with Crippen LogP contribution in [0.2, 0.25) is 0 Å². The number of carbonyl (C=O) groups excluding carboxylic acids is 2. The molecule has 0 atom stereocenters. The number of benzene rings is 4. The summed E-state index contributed by atoms with van der Waals surface area (Å²) in [7, 11) is 0. The van der Waals surface area contributed by atoms with Crippen LogP contribution in [0.1, 0.15) is 25.6 Å². The summed E-state index contributed by atoms with van der Waals surface area (Å²) >= 11 is 1.31. The molecule has 4 nitrogen and oxygen atoms in total. The Hall–Kier alpha value is -4.61. The van der Waals surface area contributed by atoms with Gasteiger partial charge in [0, 0.05) is 27.1 Å². The van der Waals surface area contributed by atoms with Crippen molar-refractivity contribution >= 4 is 60.9 Å². The maximum Gasteiger partial charge on any atom is 0.207 e. The van der Waals surface area contributed by atoms with E-state index in [-0.39, 0.29) is 22.6 Å². The number of para-hydroxylation sites is 2. The normalized spacial score (nSPS) is 13.2. The van der Waals surface area contributed by atoms with Crippen LogP contribution < -0.4 is 5.43 Å². The molecule has 0 unspecified atom stereocenters.